The predicted molar refractivity (Wildman–Crippen MR) is 99.7 cm³/mol. The maximum atomic E-state index is 10.4. The first kappa shape index (κ1) is 24.7. The summed E-state index contributed by atoms with van der Waals surface area (Å²) in [6.07, 6.45) is 15.8. The van der Waals surface area contributed by atoms with Crippen LogP contribution in [0.4, 0.5) is 0 Å². The first-order valence-electron chi connectivity index (χ1n) is 9.14. The molecule has 0 radical (unpaired) electrons. The van der Waals surface area contributed by atoms with Gasteiger partial charge in [-0.25, -0.2) is 0 Å². The molecule has 0 aromatic heterocycles. The summed E-state index contributed by atoms with van der Waals surface area (Å²) >= 11 is 0. The minimum absolute atomic E-state index is 0.161. The lowest BCUT2D eigenvalue weighted by molar-refractivity contribution is -0.138. The van der Waals surface area contributed by atoms with E-state index in [-0.39, 0.29) is 18.3 Å². The Morgan fingerprint density at radius 2 is 1.71 bits per heavy atom. The van der Waals surface area contributed by atoms with Gasteiger partial charge in [0.05, 0.1) is 12.7 Å². The van der Waals surface area contributed by atoms with Gasteiger partial charge in [0.25, 0.3) is 0 Å². The number of allylic oxidation sites excluding steroid dienone is 2. The van der Waals surface area contributed by atoms with Crippen LogP contribution in [0.3, 0.4) is 0 Å². The number of rotatable bonds is 13. The number of carboxylic acids is 1. The van der Waals surface area contributed by atoms with Crippen molar-refractivity contribution in [2.45, 2.75) is 85.0 Å². The van der Waals surface area contributed by atoms with Crippen molar-refractivity contribution >= 4 is 11.9 Å². The summed E-state index contributed by atoms with van der Waals surface area (Å²) in [7, 11) is 0. The molecule has 0 bridgehead atoms. The first-order valence-corrected chi connectivity index (χ1v) is 9.14. The fourth-order valence-electron chi connectivity index (χ4n) is 2.09. The summed E-state index contributed by atoms with van der Waals surface area (Å²) in [5, 5.41) is 8.52. The first-order chi connectivity index (χ1) is 11.5. The summed E-state index contributed by atoms with van der Waals surface area (Å²) in [5.41, 5.74) is 0. The lowest BCUT2D eigenvalue weighted by Crippen LogP contribution is -2.04. The van der Waals surface area contributed by atoms with Crippen LogP contribution in [0.5, 0.6) is 0 Å². The largest absolute Gasteiger partial charge is 0.481 e. The molecule has 24 heavy (non-hydrogen) atoms. The Morgan fingerprint density at radius 1 is 1.08 bits per heavy atom. The third-order valence-corrected chi connectivity index (χ3v) is 3.50. The standard InChI is InChI=1S/2C10H18O2/c1-3-4-5-6-7-8-9-12-10(2)11;1-3-5-6-7-9(4-2)8-10(11)12/h8-9H,3-7H2,1-2H3;4,9H,2-3,5-8H2,1H3,(H,11,12). The molecule has 0 aliphatic heterocycles. The van der Waals surface area contributed by atoms with Crippen molar-refractivity contribution in [3.8, 4) is 0 Å². The van der Waals surface area contributed by atoms with Crippen LogP contribution in [-0.4, -0.2) is 17.0 Å². The number of unbranched alkanes of at least 4 members (excludes halogenated alkanes) is 6. The Balaban J connectivity index is 0. The number of aliphatic carboxylic acids is 1. The van der Waals surface area contributed by atoms with Crippen LogP contribution in [0.2, 0.25) is 0 Å². The van der Waals surface area contributed by atoms with Gasteiger partial charge in [-0.05, 0) is 31.3 Å². The molecule has 0 heterocycles. The Hall–Kier alpha value is -1.58. The second kappa shape index (κ2) is 19.5. The van der Waals surface area contributed by atoms with Gasteiger partial charge in [0.1, 0.15) is 0 Å². The number of hydrogen-bond donors (Lipinski definition) is 1. The maximum Gasteiger partial charge on any atom is 0.307 e. The third kappa shape index (κ3) is 22.7. The molecule has 0 aliphatic carbocycles. The summed E-state index contributed by atoms with van der Waals surface area (Å²) < 4.78 is 4.63. The molecule has 0 rings (SSSR count). The number of hydrogen-bond acceptors (Lipinski definition) is 3. The van der Waals surface area contributed by atoms with Gasteiger partial charge < -0.3 is 9.84 Å². The summed E-state index contributed by atoms with van der Waals surface area (Å²) in [5.74, 6) is -0.815. The van der Waals surface area contributed by atoms with Gasteiger partial charge in [-0.1, -0.05) is 58.4 Å². The van der Waals surface area contributed by atoms with Crippen LogP contribution in [0.15, 0.2) is 25.0 Å². The molecule has 0 amide bonds. The van der Waals surface area contributed by atoms with Crippen molar-refractivity contribution in [1.82, 2.24) is 0 Å². The number of carbonyl (C=O) groups is 2. The van der Waals surface area contributed by atoms with E-state index in [0.29, 0.717) is 0 Å². The van der Waals surface area contributed by atoms with Gasteiger partial charge in [-0.3, -0.25) is 9.59 Å². The molecule has 4 nitrogen and oxygen atoms in total. The topological polar surface area (TPSA) is 63.6 Å². The van der Waals surface area contributed by atoms with Crippen molar-refractivity contribution in [2.75, 3.05) is 0 Å². The van der Waals surface area contributed by atoms with Gasteiger partial charge in [0, 0.05) is 6.92 Å². The van der Waals surface area contributed by atoms with Crippen molar-refractivity contribution in [3.63, 3.8) is 0 Å². The van der Waals surface area contributed by atoms with Gasteiger partial charge in [-0.15, -0.1) is 6.58 Å². The average molecular weight is 341 g/mol. The average Bonchev–Trinajstić information content (AvgIpc) is 2.53. The Kier molecular flexibility index (Phi) is 20.0. The van der Waals surface area contributed by atoms with E-state index >= 15 is 0 Å². The highest BCUT2D eigenvalue weighted by atomic mass is 16.5. The van der Waals surface area contributed by atoms with Crippen molar-refractivity contribution in [2.24, 2.45) is 5.92 Å². The molecule has 1 atom stereocenters. The minimum Gasteiger partial charge on any atom is -0.481 e. The number of carbonyl (C=O) groups excluding carboxylic acids is 1. The summed E-state index contributed by atoms with van der Waals surface area (Å²) in [6, 6.07) is 0. The molecule has 0 aliphatic rings. The molecule has 140 valence electrons. The molecule has 0 fully saturated rings. The normalized spacial score (nSPS) is 11.5. The van der Waals surface area contributed by atoms with E-state index < -0.39 is 5.97 Å². The molecule has 0 saturated heterocycles. The van der Waals surface area contributed by atoms with Crippen LogP contribution in [0, 0.1) is 5.92 Å². The Morgan fingerprint density at radius 3 is 2.21 bits per heavy atom. The molecular formula is C20H36O4. The number of carboxylic acid groups (broad SMARTS) is 1. The van der Waals surface area contributed by atoms with E-state index in [1.54, 1.807) is 6.08 Å². The highest BCUT2D eigenvalue weighted by molar-refractivity contribution is 5.67. The summed E-state index contributed by atoms with van der Waals surface area (Å²) in [6.45, 7) is 9.36. The number of esters is 1. The Labute approximate surface area is 148 Å². The van der Waals surface area contributed by atoms with Crippen molar-refractivity contribution in [3.05, 3.63) is 25.0 Å². The van der Waals surface area contributed by atoms with Gasteiger partial charge in [-0.2, -0.15) is 0 Å². The molecule has 0 spiro atoms. The molecular weight excluding hydrogens is 304 g/mol. The Bertz CT molecular complexity index is 348. The van der Waals surface area contributed by atoms with Crippen LogP contribution in [0.1, 0.15) is 85.0 Å². The molecule has 1 unspecified atom stereocenters. The van der Waals surface area contributed by atoms with Crippen molar-refractivity contribution < 1.29 is 19.4 Å². The molecule has 0 saturated carbocycles. The van der Waals surface area contributed by atoms with Crippen LogP contribution in [0.25, 0.3) is 0 Å². The SMILES string of the molecule is C=CC(CCCCC)CC(=O)O.CCCCCCC=COC(C)=O. The number of ether oxygens (including phenoxy) is 1. The zero-order chi connectivity index (χ0) is 18.6. The van der Waals surface area contributed by atoms with Crippen LogP contribution >= 0.6 is 0 Å². The third-order valence-electron chi connectivity index (χ3n) is 3.50. The zero-order valence-electron chi connectivity index (χ0n) is 15.8. The lowest BCUT2D eigenvalue weighted by Gasteiger charge is -2.07. The quantitative estimate of drug-likeness (QED) is 0.197. The van der Waals surface area contributed by atoms with Gasteiger partial charge >= 0.3 is 11.9 Å². The molecule has 4 heteroatoms. The van der Waals surface area contributed by atoms with E-state index in [9.17, 15) is 9.59 Å². The van der Waals surface area contributed by atoms with Crippen LogP contribution in [-0.2, 0) is 14.3 Å². The highest BCUT2D eigenvalue weighted by Crippen LogP contribution is 2.14. The van der Waals surface area contributed by atoms with E-state index in [4.69, 9.17) is 5.11 Å². The molecule has 1 N–H and O–H groups in total. The minimum atomic E-state index is -0.726. The maximum absolute atomic E-state index is 10.4. The second-order valence-electron chi connectivity index (χ2n) is 5.92. The zero-order valence-corrected chi connectivity index (χ0v) is 15.8. The van der Waals surface area contributed by atoms with E-state index in [1.165, 1.54) is 51.7 Å². The van der Waals surface area contributed by atoms with E-state index in [1.807, 2.05) is 6.08 Å². The monoisotopic (exact) mass is 340 g/mol. The van der Waals surface area contributed by atoms with E-state index in [0.717, 1.165) is 19.3 Å². The van der Waals surface area contributed by atoms with Crippen molar-refractivity contribution in [1.29, 1.82) is 0 Å². The molecule has 0 aromatic carbocycles. The van der Waals surface area contributed by atoms with Crippen LogP contribution < -0.4 is 0 Å². The van der Waals surface area contributed by atoms with Gasteiger partial charge in [0.2, 0.25) is 0 Å². The second-order valence-corrected chi connectivity index (χ2v) is 5.92. The molecule has 0 aromatic rings. The predicted octanol–water partition coefficient (Wildman–Crippen LogP) is 5.88. The van der Waals surface area contributed by atoms with Gasteiger partial charge in [0.15, 0.2) is 0 Å². The lowest BCUT2D eigenvalue weighted by atomic mass is 9.98. The summed E-state index contributed by atoms with van der Waals surface area (Å²) in [4.78, 5) is 20.7. The highest BCUT2D eigenvalue weighted by Gasteiger charge is 2.08. The van der Waals surface area contributed by atoms with E-state index in [2.05, 4.69) is 25.2 Å². The fourth-order valence-corrected chi connectivity index (χ4v) is 2.09. The smallest absolute Gasteiger partial charge is 0.307 e. The fraction of sp³-hybridized carbons (Fsp3) is 0.700.